The van der Waals surface area contributed by atoms with Gasteiger partial charge in [0.1, 0.15) is 17.1 Å². The van der Waals surface area contributed by atoms with Crippen LogP contribution in [0.25, 0.3) is 5.57 Å². The highest BCUT2D eigenvalue weighted by Crippen LogP contribution is 2.32. The van der Waals surface area contributed by atoms with Crippen molar-refractivity contribution in [3.8, 4) is 11.5 Å². The number of hydrogen-bond acceptors (Lipinski definition) is 5. The van der Waals surface area contributed by atoms with Gasteiger partial charge < -0.3 is 10.1 Å². The van der Waals surface area contributed by atoms with Gasteiger partial charge in [-0.25, -0.2) is 8.42 Å². The fourth-order valence-electron chi connectivity index (χ4n) is 2.98. The Labute approximate surface area is 171 Å². The minimum Gasteiger partial charge on any atom is -0.456 e. The Morgan fingerprint density at radius 3 is 2.69 bits per heavy atom. The summed E-state index contributed by atoms with van der Waals surface area (Å²) in [6, 6.07) is 10.5. The van der Waals surface area contributed by atoms with Crippen LogP contribution in [0.2, 0.25) is 0 Å². The lowest BCUT2D eigenvalue weighted by Gasteiger charge is -2.15. The number of sulfone groups is 1. The largest absolute Gasteiger partial charge is 0.456 e. The molecule has 0 bridgehead atoms. The highest BCUT2D eigenvalue weighted by atomic mass is 32.2. The number of rotatable bonds is 7. The zero-order valence-corrected chi connectivity index (χ0v) is 17.3. The summed E-state index contributed by atoms with van der Waals surface area (Å²) in [7, 11) is -3.26. The van der Waals surface area contributed by atoms with Gasteiger partial charge in [0.2, 0.25) is 0 Å². The summed E-state index contributed by atoms with van der Waals surface area (Å²) in [6.45, 7) is 1.70. The summed E-state index contributed by atoms with van der Waals surface area (Å²) >= 11 is 0. The van der Waals surface area contributed by atoms with Gasteiger partial charge in [-0.1, -0.05) is 30.4 Å². The van der Waals surface area contributed by atoms with Gasteiger partial charge in [-0.05, 0) is 43.9 Å². The van der Waals surface area contributed by atoms with E-state index in [2.05, 4.69) is 16.4 Å². The van der Waals surface area contributed by atoms with E-state index in [-0.39, 0.29) is 11.5 Å². The molecule has 29 heavy (non-hydrogen) atoms. The molecule has 1 amide bonds. The molecule has 7 heteroatoms. The van der Waals surface area contributed by atoms with E-state index in [1.54, 1.807) is 13.0 Å². The topological polar surface area (TPSA) is 85.4 Å². The normalized spacial score (nSPS) is 15.2. The molecule has 1 aliphatic carbocycles. The minimum atomic E-state index is -3.26. The Morgan fingerprint density at radius 2 is 2.03 bits per heavy atom. The number of benzene rings is 1. The van der Waals surface area contributed by atoms with Crippen LogP contribution in [0.1, 0.15) is 42.2 Å². The molecule has 2 aromatic rings. The highest BCUT2D eigenvalue weighted by Gasteiger charge is 2.18. The Bertz CT molecular complexity index is 1040. The zero-order valence-electron chi connectivity index (χ0n) is 16.5. The summed E-state index contributed by atoms with van der Waals surface area (Å²) in [4.78, 5) is 17.2. The fourth-order valence-corrected chi connectivity index (χ4v) is 3.50. The van der Waals surface area contributed by atoms with Gasteiger partial charge in [0, 0.05) is 30.0 Å². The van der Waals surface area contributed by atoms with E-state index < -0.39 is 15.9 Å². The van der Waals surface area contributed by atoms with E-state index in [1.165, 1.54) is 12.3 Å². The molecule has 0 unspecified atom stereocenters. The SMILES string of the molecule is C[C@@H](/C=C/S(C)(=O)=O)NC(=O)c1cnc(C2=CCCC2)cc1Oc1ccccc1. The van der Waals surface area contributed by atoms with Crippen LogP contribution in [-0.2, 0) is 9.84 Å². The van der Waals surface area contributed by atoms with E-state index in [1.807, 2.05) is 30.3 Å². The van der Waals surface area contributed by atoms with E-state index in [4.69, 9.17) is 4.74 Å². The standard InChI is InChI=1S/C22H24N2O4S/c1-16(12-13-29(2,26)27)24-22(25)19-15-23-20(17-8-6-7-9-17)14-21(19)28-18-10-4-3-5-11-18/h3-5,8,10-16H,6-7,9H2,1-2H3,(H,24,25)/b13-12+/t16-/m0/s1. The van der Waals surface area contributed by atoms with Crippen molar-refractivity contribution >= 4 is 21.3 Å². The van der Waals surface area contributed by atoms with E-state index in [0.717, 1.165) is 42.2 Å². The summed E-state index contributed by atoms with van der Waals surface area (Å²) in [5, 5.41) is 3.84. The fraction of sp³-hybridized carbons (Fsp3) is 0.273. The number of pyridine rings is 1. The zero-order chi connectivity index (χ0) is 20.9. The molecule has 0 saturated heterocycles. The van der Waals surface area contributed by atoms with Gasteiger partial charge in [-0.3, -0.25) is 9.78 Å². The lowest BCUT2D eigenvalue weighted by molar-refractivity contribution is 0.0944. The first kappa shape index (κ1) is 20.8. The molecule has 1 N–H and O–H groups in total. The number of hydrogen-bond donors (Lipinski definition) is 1. The van der Waals surface area contributed by atoms with Gasteiger partial charge in [-0.15, -0.1) is 0 Å². The first-order chi connectivity index (χ1) is 13.8. The van der Waals surface area contributed by atoms with Gasteiger partial charge >= 0.3 is 0 Å². The maximum absolute atomic E-state index is 12.8. The second-order valence-corrected chi connectivity index (χ2v) is 8.95. The molecule has 0 fully saturated rings. The number of nitrogens with one attached hydrogen (secondary N) is 1. The van der Waals surface area contributed by atoms with Gasteiger partial charge in [0.15, 0.2) is 9.84 Å². The molecule has 0 radical (unpaired) electrons. The van der Waals surface area contributed by atoms with Crippen molar-refractivity contribution in [1.82, 2.24) is 10.3 Å². The van der Waals surface area contributed by atoms with Crippen LogP contribution in [0, 0.1) is 0 Å². The number of ether oxygens (including phenoxy) is 1. The summed E-state index contributed by atoms with van der Waals surface area (Å²) < 4.78 is 28.5. The molecule has 0 saturated carbocycles. The Morgan fingerprint density at radius 1 is 1.28 bits per heavy atom. The Hall–Kier alpha value is -2.93. The second-order valence-electron chi connectivity index (χ2n) is 7.02. The van der Waals surface area contributed by atoms with Crippen LogP contribution < -0.4 is 10.1 Å². The number of para-hydroxylation sites is 1. The van der Waals surface area contributed by atoms with Gasteiger partial charge in [0.05, 0.1) is 5.69 Å². The minimum absolute atomic E-state index is 0.288. The maximum Gasteiger partial charge on any atom is 0.257 e. The highest BCUT2D eigenvalue weighted by molar-refractivity contribution is 7.93. The molecule has 0 aliphatic heterocycles. The van der Waals surface area contributed by atoms with Crippen LogP contribution in [0.5, 0.6) is 11.5 Å². The number of nitrogens with zero attached hydrogens (tertiary/aromatic N) is 1. The Kier molecular flexibility index (Phi) is 6.49. The molecule has 152 valence electrons. The molecule has 1 aliphatic rings. The van der Waals surface area contributed by atoms with Gasteiger partial charge in [0.25, 0.3) is 5.91 Å². The molecule has 3 rings (SSSR count). The summed E-state index contributed by atoms with van der Waals surface area (Å²) in [5.74, 6) is 0.635. The average molecular weight is 413 g/mol. The predicted octanol–water partition coefficient (Wildman–Crippen LogP) is 4.12. The third-order valence-electron chi connectivity index (χ3n) is 4.42. The lowest BCUT2D eigenvalue weighted by Crippen LogP contribution is -2.31. The lowest BCUT2D eigenvalue weighted by atomic mass is 10.1. The summed E-state index contributed by atoms with van der Waals surface area (Å²) in [5.41, 5.74) is 2.24. The molecule has 1 aromatic carbocycles. The van der Waals surface area contributed by atoms with Crippen molar-refractivity contribution in [3.05, 3.63) is 71.4 Å². The third kappa shape index (κ3) is 6.02. The van der Waals surface area contributed by atoms with Gasteiger partial charge in [-0.2, -0.15) is 0 Å². The molecular formula is C22H24N2O4S. The maximum atomic E-state index is 12.8. The van der Waals surface area contributed by atoms with Crippen molar-refractivity contribution < 1.29 is 17.9 Å². The third-order valence-corrected chi connectivity index (χ3v) is 5.08. The van der Waals surface area contributed by atoms with Crippen LogP contribution in [0.4, 0.5) is 0 Å². The van der Waals surface area contributed by atoms with Crippen LogP contribution >= 0.6 is 0 Å². The van der Waals surface area contributed by atoms with Crippen molar-refractivity contribution in [2.45, 2.75) is 32.2 Å². The number of amides is 1. The number of carbonyl (C=O) groups is 1. The molecule has 1 atom stereocenters. The first-order valence-corrected chi connectivity index (χ1v) is 11.4. The van der Waals surface area contributed by atoms with E-state index in [9.17, 15) is 13.2 Å². The molecular weight excluding hydrogens is 388 g/mol. The van der Waals surface area contributed by atoms with E-state index in [0.29, 0.717) is 11.5 Å². The molecule has 0 spiro atoms. The Balaban J connectivity index is 1.87. The van der Waals surface area contributed by atoms with Crippen LogP contribution in [0.15, 0.2) is 60.2 Å². The van der Waals surface area contributed by atoms with Crippen molar-refractivity contribution in [2.75, 3.05) is 6.26 Å². The average Bonchev–Trinajstić information content (AvgIpc) is 3.21. The first-order valence-electron chi connectivity index (χ1n) is 9.43. The molecule has 1 heterocycles. The number of carbonyl (C=O) groups excluding carboxylic acids is 1. The monoisotopic (exact) mass is 412 g/mol. The predicted molar refractivity (Wildman–Crippen MR) is 113 cm³/mol. The molecule has 1 aromatic heterocycles. The second kappa shape index (κ2) is 9.05. The smallest absolute Gasteiger partial charge is 0.257 e. The van der Waals surface area contributed by atoms with Crippen LogP contribution in [-0.4, -0.2) is 31.6 Å². The van der Waals surface area contributed by atoms with Crippen molar-refractivity contribution in [3.63, 3.8) is 0 Å². The van der Waals surface area contributed by atoms with Crippen molar-refractivity contribution in [2.24, 2.45) is 0 Å². The van der Waals surface area contributed by atoms with E-state index >= 15 is 0 Å². The summed E-state index contributed by atoms with van der Waals surface area (Å²) in [6.07, 6.45) is 9.27. The number of aromatic nitrogens is 1. The van der Waals surface area contributed by atoms with Crippen molar-refractivity contribution in [1.29, 1.82) is 0 Å². The molecule has 6 nitrogen and oxygen atoms in total. The number of allylic oxidation sites excluding steroid dienone is 2. The quantitative estimate of drug-likeness (QED) is 0.739. The van der Waals surface area contributed by atoms with Crippen LogP contribution in [0.3, 0.4) is 0 Å².